The molecule has 94 valence electrons. The monoisotopic (exact) mass is 236 g/mol. The van der Waals surface area contributed by atoms with Gasteiger partial charge in [-0.1, -0.05) is 12.1 Å². The number of nitrogens with zero attached hydrogens (tertiary/aromatic N) is 1. The molecular weight excluding hydrogens is 216 g/mol. The summed E-state index contributed by atoms with van der Waals surface area (Å²) in [6.45, 7) is 2.02. The van der Waals surface area contributed by atoms with Crippen LogP contribution in [-0.2, 0) is 0 Å². The van der Waals surface area contributed by atoms with Crippen LogP contribution in [0, 0.1) is 0 Å². The Labute approximate surface area is 102 Å². The number of aliphatic hydroxyl groups is 2. The predicted octanol–water partition coefficient (Wildman–Crippen LogP) is 0.640. The molecule has 1 heterocycles. The minimum Gasteiger partial charge on any atom is -0.393 e. The highest BCUT2D eigenvalue weighted by atomic mass is 16.3. The number of hydrogen-bond donors (Lipinski definition) is 3. The Morgan fingerprint density at radius 1 is 1.24 bits per heavy atom. The Morgan fingerprint density at radius 2 is 1.82 bits per heavy atom. The smallest absolute Gasteiger partial charge is 0.0912 e. The number of piperidine rings is 1. The molecule has 4 nitrogen and oxygen atoms in total. The minimum atomic E-state index is -0.577. The number of anilines is 1. The molecule has 1 aromatic rings. The van der Waals surface area contributed by atoms with Crippen LogP contribution < -0.4 is 10.6 Å². The van der Waals surface area contributed by atoms with Crippen LogP contribution in [0.1, 0.15) is 24.5 Å². The molecule has 0 aromatic heterocycles. The van der Waals surface area contributed by atoms with Gasteiger partial charge in [-0.3, -0.25) is 0 Å². The van der Waals surface area contributed by atoms with Crippen LogP contribution in [0.25, 0.3) is 0 Å². The fourth-order valence-electron chi connectivity index (χ4n) is 2.17. The summed E-state index contributed by atoms with van der Waals surface area (Å²) in [5.41, 5.74) is 7.41. The lowest BCUT2D eigenvalue weighted by molar-refractivity contribution is 0.145. The van der Waals surface area contributed by atoms with Crippen molar-refractivity contribution in [2.75, 3.05) is 24.5 Å². The van der Waals surface area contributed by atoms with E-state index in [1.165, 1.54) is 0 Å². The average Bonchev–Trinajstić information content (AvgIpc) is 2.39. The molecule has 1 atom stereocenters. The fourth-order valence-corrected chi connectivity index (χ4v) is 2.17. The zero-order valence-electron chi connectivity index (χ0n) is 9.92. The third-order valence-corrected chi connectivity index (χ3v) is 3.33. The van der Waals surface area contributed by atoms with E-state index in [1.807, 2.05) is 24.3 Å². The summed E-state index contributed by atoms with van der Waals surface area (Å²) in [5.74, 6) is 0. The van der Waals surface area contributed by atoms with Gasteiger partial charge in [-0.15, -0.1) is 0 Å². The van der Waals surface area contributed by atoms with Crippen LogP contribution in [0.5, 0.6) is 0 Å². The zero-order chi connectivity index (χ0) is 12.3. The van der Waals surface area contributed by atoms with Gasteiger partial charge in [0.15, 0.2) is 0 Å². The Balaban J connectivity index is 2.02. The van der Waals surface area contributed by atoms with Crippen molar-refractivity contribution in [3.63, 3.8) is 0 Å². The van der Waals surface area contributed by atoms with E-state index >= 15 is 0 Å². The van der Waals surface area contributed by atoms with E-state index in [0.29, 0.717) is 0 Å². The van der Waals surface area contributed by atoms with E-state index in [0.717, 1.165) is 37.2 Å². The first kappa shape index (κ1) is 12.4. The Hall–Kier alpha value is -1.10. The van der Waals surface area contributed by atoms with Crippen molar-refractivity contribution in [1.82, 2.24) is 0 Å². The van der Waals surface area contributed by atoms with Gasteiger partial charge in [0.1, 0.15) is 0 Å². The van der Waals surface area contributed by atoms with Gasteiger partial charge < -0.3 is 20.8 Å². The van der Waals surface area contributed by atoms with E-state index in [2.05, 4.69) is 4.90 Å². The van der Waals surface area contributed by atoms with E-state index in [-0.39, 0.29) is 12.6 Å². The summed E-state index contributed by atoms with van der Waals surface area (Å²) in [6.07, 6.45) is 0.928. The quantitative estimate of drug-likeness (QED) is 0.720. The van der Waals surface area contributed by atoms with Gasteiger partial charge in [-0.25, -0.2) is 0 Å². The first-order chi connectivity index (χ1) is 8.20. The molecule has 2 rings (SSSR count). The summed E-state index contributed by atoms with van der Waals surface area (Å²) in [5, 5.41) is 19.0. The highest BCUT2D eigenvalue weighted by molar-refractivity contribution is 5.48. The van der Waals surface area contributed by atoms with Gasteiger partial charge >= 0.3 is 0 Å². The lowest BCUT2D eigenvalue weighted by Crippen LogP contribution is -2.35. The molecule has 4 heteroatoms. The normalized spacial score (nSPS) is 19.4. The lowest BCUT2D eigenvalue weighted by atomic mass is 10.1. The minimum absolute atomic E-state index is 0.149. The third kappa shape index (κ3) is 2.97. The van der Waals surface area contributed by atoms with Crippen LogP contribution >= 0.6 is 0 Å². The Kier molecular flexibility index (Phi) is 3.99. The van der Waals surface area contributed by atoms with Gasteiger partial charge in [-0.05, 0) is 30.5 Å². The molecule has 17 heavy (non-hydrogen) atoms. The molecule has 4 N–H and O–H groups in total. The molecule has 0 radical (unpaired) electrons. The van der Waals surface area contributed by atoms with Gasteiger partial charge in [-0.2, -0.15) is 0 Å². The second-order valence-electron chi connectivity index (χ2n) is 4.56. The third-order valence-electron chi connectivity index (χ3n) is 3.33. The van der Waals surface area contributed by atoms with Crippen LogP contribution in [0.4, 0.5) is 5.69 Å². The van der Waals surface area contributed by atoms with E-state index in [4.69, 9.17) is 5.73 Å². The van der Waals surface area contributed by atoms with Gasteiger partial charge in [0, 0.05) is 25.3 Å². The molecule has 0 saturated carbocycles. The average molecular weight is 236 g/mol. The maximum atomic E-state index is 9.59. The number of aliphatic hydroxyl groups excluding tert-OH is 2. The SMILES string of the molecule is NCC(O)c1ccc(N2CCC(O)CC2)cc1. The van der Waals surface area contributed by atoms with Gasteiger partial charge in [0.05, 0.1) is 12.2 Å². The number of rotatable bonds is 3. The van der Waals surface area contributed by atoms with E-state index in [9.17, 15) is 10.2 Å². The number of benzene rings is 1. The molecule has 0 aliphatic carbocycles. The van der Waals surface area contributed by atoms with Crippen molar-refractivity contribution < 1.29 is 10.2 Å². The summed E-state index contributed by atoms with van der Waals surface area (Å²) < 4.78 is 0. The molecule has 1 unspecified atom stereocenters. The first-order valence-electron chi connectivity index (χ1n) is 6.12. The largest absolute Gasteiger partial charge is 0.393 e. The van der Waals surface area contributed by atoms with Crippen LogP contribution in [0.3, 0.4) is 0 Å². The van der Waals surface area contributed by atoms with Gasteiger partial charge in [0.2, 0.25) is 0 Å². The zero-order valence-corrected chi connectivity index (χ0v) is 9.92. The van der Waals surface area contributed by atoms with E-state index in [1.54, 1.807) is 0 Å². The molecule has 1 aromatic carbocycles. The van der Waals surface area contributed by atoms with Crippen molar-refractivity contribution >= 4 is 5.69 Å². The van der Waals surface area contributed by atoms with Crippen LogP contribution in [0.15, 0.2) is 24.3 Å². The molecule has 1 aliphatic rings. The molecule has 0 spiro atoms. The summed E-state index contributed by atoms with van der Waals surface area (Å²) in [6, 6.07) is 7.84. The first-order valence-corrected chi connectivity index (χ1v) is 6.12. The van der Waals surface area contributed by atoms with Crippen molar-refractivity contribution in [3.8, 4) is 0 Å². The number of hydrogen-bond acceptors (Lipinski definition) is 4. The van der Waals surface area contributed by atoms with Gasteiger partial charge in [0.25, 0.3) is 0 Å². The van der Waals surface area contributed by atoms with E-state index < -0.39 is 6.10 Å². The van der Waals surface area contributed by atoms with Crippen molar-refractivity contribution in [2.45, 2.75) is 25.0 Å². The lowest BCUT2D eigenvalue weighted by Gasteiger charge is -2.31. The van der Waals surface area contributed by atoms with Crippen molar-refractivity contribution in [2.24, 2.45) is 5.73 Å². The molecule has 0 bridgehead atoms. The van der Waals surface area contributed by atoms with Crippen molar-refractivity contribution in [3.05, 3.63) is 29.8 Å². The second kappa shape index (κ2) is 5.49. The summed E-state index contributed by atoms with van der Waals surface area (Å²) in [4.78, 5) is 2.26. The molecule has 1 fully saturated rings. The number of nitrogens with two attached hydrogens (primary N) is 1. The predicted molar refractivity (Wildman–Crippen MR) is 67.9 cm³/mol. The summed E-state index contributed by atoms with van der Waals surface area (Å²) in [7, 11) is 0. The molecule has 1 saturated heterocycles. The summed E-state index contributed by atoms with van der Waals surface area (Å²) >= 11 is 0. The molecule has 1 aliphatic heterocycles. The van der Waals surface area contributed by atoms with Crippen LogP contribution in [-0.4, -0.2) is 36.0 Å². The Morgan fingerprint density at radius 3 is 2.35 bits per heavy atom. The maximum Gasteiger partial charge on any atom is 0.0912 e. The topological polar surface area (TPSA) is 69.7 Å². The highest BCUT2D eigenvalue weighted by Crippen LogP contribution is 2.22. The van der Waals surface area contributed by atoms with Crippen LogP contribution in [0.2, 0.25) is 0 Å². The fraction of sp³-hybridized carbons (Fsp3) is 0.538. The highest BCUT2D eigenvalue weighted by Gasteiger charge is 2.17. The Bertz CT molecular complexity index is 345. The molecular formula is C13H20N2O2. The van der Waals surface area contributed by atoms with Crippen molar-refractivity contribution in [1.29, 1.82) is 0 Å². The standard InChI is InChI=1S/C13H20N2O2/c14-9-13(17)10-1-3-11(4-2-10)15-7-5-12(16)6-8-15/h1-4,12-13,16-17H,5-9,14H2. The second-order valence-corrected chi connectivity index (χ2v) is 4.56. The maximum absolute atomic E-state index is 9.59. The molecule has 0 amide bonds.